The number of rotatable bonds is 6. The lowest BCUT2D eigenvalue weighted by molar-refractivity contribution is 0.668. The van der Waals surface area contributed by atoms with E-state index in [2.05, 4.69) is 169 Å². The Morgan fingerprint density at radius 3 is 1.96 bits per heavy atom. The van der Waals surface area contributed by atoms with E-state index in [0.29, 0.717) is 5.84 Å². The van der Waals surface area contributed by atoms with Gasteiger partial charge in [-0.3, -0.25) is 0 Å². The van der Waals surface area contributed by atoms with Crippen LogP contribution >= 0.6 is 11.3 Å². The van der Waals surface area contributed by atoms with Crippen molar-refractivity contribution in [2.45, 2.75) is 6.17 Å². The van der Waals surface area contributed by atoms with E-state index in [1.165, 1.54) is 36.9 Å². The normalized spacial score (nSPS) is 14.2. The summed E-state index contributed by atoms with van der Waals surface area (Å²) in [5.74, 6) is 1.43. The molecule has 8 aromatic carbocycles. The average molecular weight is 736 g/mol. The van der Waals surface area contributed by atoms with Gasteiger partial charge in [0.05, 0.1) is 0 Å². The van der Waals surface area contributed by atoms with Crippen LogP contribution in [0.1, 0.15) is 22.9 Å². The summed E-state index contributed by atoms with van der Waals surface area (Å²) in [7, 11) is 0. The zero-order valence-electron chi connectivity index (χ0n) is 30.2. The molecule has 0 bridgehead atoms. The van der Waals surface area contributed by atoms with Gasteiger partial charge in [-0.15, -0.1) is 11.3 Å². The lowest BCUT2D eigenvalue weighted by Crippen LogP contribution is -2.33. The minimum atomic E-state index is -0.333. The van der Waals surface area contributed by atoms with Gasteiger partial charge in [-0.05, 0) is 63.7 Å². The molecule has 0 saturated carbocycles. The molecule has 11 rings (SSSR count). The monoisotopic (exact) mass is 735 g/mol. The molecule has 56 heavy (non-hydrogen) atoms. The number of furan rings is 1. The number of aliphatic imine (C=N–C) groups is 2. The zero-order chi connectivity index (χ0) is 37.0. The number of nitrogens with one attached hydrogen (secondary N) is 1. The second-order valence-corrected chi connectivity index (χ2v) is 15.2. The van der Waals surface area contributed by atoms with Crippen molar-refractivity contribution in [3.05, 3.63) is 205 Å². The summed E-state index contributed by atoms with van der Waals surface area (Å²) >= 11 is 1.85. The highest BCUT2D eigenvalue weighted by Gasteiger charge is 2.23. The zero-order valence-corrected chi connectivity index (χ0v) is 31.0. The average Bonchev–Trinajstić information content (AvgIpc) is 3.85. The van der Waals surface area contributed by atoms with Crippen LogP contribution in [0.3, 0.4) is 0 Å². The first kappa shape index (κ1) is 32.4. The first-order chi connectivity index (χ1) is 27.7. The van der Waals surface area contributed by atoms with E-state index in [9.17, 15) is 0 Å². The van der Waals surface area contributed by atoms with Crippen LogP contribution in [0.4, 0.5) is 0 Å². The van der Waals surface area contributed by atoms with Crippen LogP contribution in [0.2, 0.25) is 0 Å². The van der Waals surface area contributed by atoms with E-state index in [-0.39, 0.29) is 6.17 Å². The van der Waals surface area contributed by atoms with Crippen molar-refractivity contribution < 1.29 is 4.42 Å². The molecule has 1 unspecified atom stereocenters. The van der Waals surface area contributed by atoms with Crippen LogP contribution in [0.15, 0.2) is 202 Å². The van der Waals surface area contributed by atoms with Crippen LogP contribution in [-0.2, 0) is 0 Å². The molecule has 3 heterocycles. The van der Waals surface area contributed by atoms with E-state index in [1.807, 2.05) is 35.6 Å². The van der Waals surface area contributed by atoms with Gasteiger partial charge in [-0.1, -0.05) is 158 Å². The van der Waals surface area contributed by atoms with Crippen molar-refractivity contribution in [3.63, 3.8) is 0 Å². The maximum atomic E-state index is 6.87. The second kappa shape index (κ2) is 13.3. The summed E-state index contributed by atoms with van der Waals surface area (Å²) in [6.07, 6.45) is -0.333. The molecule has 0 aliphatic carbocycles. The van der Waals surface area contributed by atoms with Crippen LogP contribution in [-0.4, -0.2) is 11.7 Å². The molecule has 4 nitrogen and oxygen atoms in total. The predicted molar refractivity (Wildman–Crippen MR) is 235 cm³/mol. The van der Waals surface area contributed by atoms with Crippen molar-refractivity contribution in [1.29, 1.82) is 0 Å². The summed E-state index contributed by atoms with van der Waals surface area (Å²) in [5, 5.41) is 8.35. The molecule has 2 aromatic heterocycles. The molecule has 0 amide bonds. The van der Waals surface area contributed by atoms with Crippen LogP contribution in [0.25, 0.3) is 75.5 Å². The number of amidine groups is 2. The quantitative estimate of drug-likeness (QED) is 0.185. The first-order valence-corrected chi connectivity index (χ1v) is 19.7. The van der Waals surface area contributed by atoms with Gasteiger partial charge in [0.25, 0.3) is 0 Å². The molecular weight excluding hydrogens is 703 g/mol. The second-order valence-electron chi connectivity index (χ2n) is 14.1. The standard InChI is InChI=1S/C51H33N3OS/c1-3-14-32(15-4-1)34-18-11-19-35(30-34)50-52-49(33-16-5-2-6-17-33)53-51(54-50)36-28-29-39-42-25-12-24-41(48(42)55-44(39)31-36)38-21-8-7-20-37(38)40-23-13-27-46-47(40)43-22-9-10-26-45(43)56-46/h1-31,50H,(H,52,53,54). The third kappa shape index (κ3) is 5.52. The highest BCUT2D eigenvalue weighted by Crippen LogP contribution is 2.45. The number of hydrogen-bond acceptors (Lipinski definition) is 5. The Kier molecular flexibility index (Phi) is 7.71. The summed E-state index contributed by atoms with van der Waals surface area (Å²) in [6, 6.07) is 66.2. The molecule has 0 spiro atoms. The molecule has 0 fully saturated rings. The Labute approximate surface area is 327 Å². The van der Waals surface area contributed by atoms with Crippen LogP contribution in [0, 0.1) is 0 Å². The van der Waals surface area contributed by atoms with Crippen LogP contribution in [0.5, 0.6) is 0 Å². The van der Waals surface area contributed by atoms with Crippen molar-refractivity contribution in [3.8, 4) is 33.4 Å². The lowest BCUT2D eigenvalue weighted by Gasteiger charge is -2.24. The molecule has 1 atom stereocenters. The topological polar surface area (TPSA) is 49.9 Å². The Morgan fingerprint density at radius 2 is 1.11 bits per heavy atom. The van der Waals surface area contributed by atoms with E-state index >= 15 is 0 Å². The van der Waals surface area contributed by atoms with Crippen LogP contribution < -0.4 is 5.32 Å². The third-order valence-corrected chi connectivity index (χ3v) is 11.9. The molecular formula is C51H33N3OS. The highest BCUT2D eigenvalue weighted by molar-refractivity contribution is 7.25. The van der Waals surface area contributed by atoms with Crippen molar-refractivity contribution in [2.24, 2.45) is 9.98 Å². The number of hydrogen-bond donors (Lipinski definition) is 1. The van der Waals surface area contributed by atoms with E-state index < -0.39 is 0 Å². The fourth-order valence-corrected chi connectivity index (χ4v) is 9.24. The van der Waals surface area contributed by atoms with Crippen molar-refractivity contribution >= 4 is 65.1 Å². The predicted octanol–water partition coefficient (Wildman–Crippen LogP) is 13.5. The molecule has 264 valence electrons. The van der Waals surface area contributed by atoms with E-state index in [1.54, 1.807) is 0 Å². The Hall–Kier alpha value is -7.08. The number of benzene rings is 8. The van der Waals surface area contributed by atoms with E-state index in [0.717, 1.165) is 61.2 Å². The van der Waals surface area contributed by atoms with E-state index in [4.69, 9.17) is 14.4 Å². The Bertz CT molecular complexity index is 3180. The number of fused-ring (bicyclic) bond motifs is 6. The van der Waals surface area contributed by atoms with Gasteiger partial charge in [0, 0.05) is 47.6 Å². The SMILES string of the molecule is c1ccc(C2=NC(c3ccc4c(c3)oc3c(-c5ccccc5-c5cccc6sc7ccccc7c56)cccc34)=NC(c3cccc(-c4ccccc4)c3)N2)cc1. The fourth-order valence-electron chi connectivity index (χ4n) is 8.11. The van der Waals surface area contributed by atoms with Gasteiger partial charge in [0.15, 0.2) is 5.84 Å². The van der Waals surface area contributed by atoms with Crippen molar-refractivity contribution in [1.82, 2.24) is 5.32 Å². The number of para-hydroxylation sites is 1. The molecule has 1 N–H and O–H groups in total. The van der Waals surface area contributed by atoms with Gasteiger partial charge in [-0.25, -0.2) is 9.98 Å². The van der Waals surface area contributed by atoms with Gasteiger partial charge in [0.1, 0.15) is 23.2 Å². The maximum absolute atomic E-state index is 6.87. The lowest BCUT2D eigenvalue weighted by atomic mass is 9.91. The third-order valence-electron chi connectivity index (χ3n) is 10.8. The smallest absolute Gasteiger partial charge is 0.159 e. The molecule has 0 saturated heterocycles. The molecule has 5 heteroatoms. The molecule has 10 aromatic rings. The summed E-state index contributed by atoms with van der Waals surface area (Å²) < 4.78 is 9.46. The molecule has 1 aliphatic heterocycles. The van der Waals surface area contributed by atoms with Gasteiger partial charge >= 0.3 is 0 Å². The fraction of sp³-hybridized carbons (Fsp3) is 0.0196. The Morgan fingerprint density at radius 1 is 0.464 bits per heavy atom. The van der Waals surface area contributed by atoms with Crippen molar-refractivity contribution in [2.75, 3.05) is 0 Å². The highest BCUT2D eigenvalue weighted by atomic mass is 32.1. The van der Waals surface area contributed by atoms with Gasteiger partial charge < -0.3 is 9.73 Å². The minimum Gasteiger partial charge on any atom is -0.455 e. The van der Waals surface area contributed by atoms with Gasteiger partial charge in [-0.2, -0.15) is 0 Å². The summed E-state index contributed by atoms with van der Waals surface area (Å²) in [4.78, 5) is 10.3. The Balaban J connectivity index is 1.03. The molecule has 1 aliphatic rings. The molecule has 0 radical (unpaired) electrons. The minimum absolute atomic E-state index is 0.333. The van der Waals surface area contributed by atoms with Gasteiger partial charge in [0.2, 0.25) is 0 Å². The largest absolute Gasteiger partial charge is 0.455 e. The number of nitrogens with zero attached hydrogens (tertiary/aromatic N) is 2. The number of thiophene rings is 1. The summed E-state index contributed by atoms with van der Waals surface area (Å²) in [6.45, 7) is 0. The summed E-state index contributed by atoms with van der Waals surface area (Å²) in [5.41, 5.74) is 11.6. The maximum Gasteiger partial charge on any atom is 0.159 e. The first-order valence-electron chi connectivity index (χ1n) is 18.8.